The van der Waals surface area contributed by atoms with Crippen LogP contribution in [0.3, 0.4) is 0 Å². The van der Waals surface area contributed by atoms with E-state index >= 15 is 0 Å². The Morgan fingerprint density at radius 3 is 3.00 bits per heavy atom. The fourth-order valence-electron chi connectivity index (χ4n) is 1.29. The number of nitrogens with zero attached hydrogens (tertiary/aromatic N) is 1. The number of unbranched alkanes of at least 4 members (excludes halogenated alkanes) is 3. The normalized spacial score (nSPS) is 10.7. The largest absolute Gasteiger partial charge is 0.316 e. The number of rotatable bonds is 9. The fraction of sp³-hybridized carbons (Fsp3) is 0.727. The highest BCUT2D eigenvalue weighted by molar-refractivity contribution is 8.01. The van der Waals surface area contributed by atoms with Gasteiger partial charge in [-0.2, -0.15) is 0 Å². The lowest BCUT2D eigenvalue weighted by atomic mass is 10.2. The predicted molar refractivity (Wildman–Crippen MR) is 69.8 cm³/mol. The van der Waals surface area contributed by atoms with Crippen LogP contribution >= 0.6 is 23.1 Å². The van der Waals surface area contributed by atoms with Crippen LogP contribution in [-0.4, -0.2) is 23.8 Å². The number of thioether (sulfide) groups is 1. The van der Waals surface area contributed by atoms with Crippen molar-refractivity contribution in [1.82, 2.24) is 10.3 Å². The molecule has 4 heteroatoms. The second kappa shape index (κ2) is 9.19. The van der Waals surface area contributed by atoms with Crippen molar-refractivity contribution in [3.63, 3.8) is 0 Å². The number of hydrogen-bond acceptors (Lipinski definition) is 4. The topological polar surface area (TPSA) is 24.9 Å². The van der Waals surface area contributed by atoms with Gasteiger partial charge in [0, 0.05) is 23.9 Å². The van der Waals surface area contributed by atoms with Gasteiger partial charge in [0.2, 0.25) is 0 Å². The summed E-state index contributed by atoms with van der Waals surface area (Å²) in [5.41, 5.74) is 0. The molecule has 0 aliphatic carbocycles. The smallest absolute Gasteiger partial charge is 0.149 e. The monoisotopic (exact) mass is 244 g/mol. The van der Waals surface area contributed by atoms with Crippen LogP contribution < -0.4 is 5.32 Å². The third kappa shape index (κ3) is 6.93. The van der Waals surface area contributed by atoms with Crippen molar-refractivity contribution in [1.29, 1.82) is 0 Å². The Hall–Kier alpha value is -0.0600. The summed E-state index contributed by atoms with van der Waals surface area (Å²) in [6.07, 6.45) is 7.24. The molecule has 1 aromatic heterocycles. The van der Waals surface area contributed by atoms with Gasteiger partial charge in [0.1, 0.15) is 4.34 Å². The van der Waals surface area contributed by atoms with Gasteiger partial charge in [-0.05, 0) is 13.0 Å². The van der Waals surface area contributed by atoms with Crippen LogP contribution in [-0.2, 0) is 0 Å². The average molecular weight is 244 g/mol. The molecule has 86 valence electrons. The third-order valence-corrected chi connectivity index (χ3v) is 4.09. The maximum atomic E-state index is 4.23. The summed E-state index contributed by atoms with van der Waals surface area (Å²) in [4.78, 5) is 4.23. The van der Waals surface area contributed by atoms with Gasteiger partial charge < -0.3 is 5.32 Å². The van der Waals surface area contributed by atoms with Crippen LogP contribution in [0, 0.1) is 0 Å². The summed E-state index contributed by atoms with van der Waals surface area (Å²) < 4.78 is 1.18. The molecule has 0 saturated carbocycles. The van der Waals surface area contributed by atoms with E-state index in [9.17, 15) is 0 Å². The zero-order valence-electron chi connectivity index (χ0n) is 9.37. The molecule has 0 unspecified atom stereocenters. The van der Waals surface area contributed by atoms with Crippen LogP contribution in [0.1, 0.15) is 32.6 Å². The Morgan fingerprint density at radius 2 is 2.27 bits per heavy atom. The van der Waals surface area contributed by atoms with E-state index in [0.29, 0.717) is 0 Å². The molecule has 0 aromatic carbocycles. The molecule has 0 radical (unpaired) electrons. The summed E-state index contributed by atoms with van der Waals surface area (Å²) in [7, 11) is 0. The predicted octanol–water partition coefficient (Wildman–Crippen LogP) is 3.41. The Kier molecular flexibility index (Phi) is 7.97. The number of hydrogen-bond donors (Lipinski definition) is 1. The van der Waals surface area contributed by atoms with E-state index in [0.717, 1.165) is 12.3 Å². The fourth-order valence-corrected chi connectivity index (χ4v) is 2.90. The third-order valence-electron chi connectivity index (χ3n) is 2.12. The molecule has 0 amide bonds. The quantitative estimate of drug-likeness (QED) is 0.532. The molecule has 15 heavy (non-hydrogen) atoms. The molecule has 1 heterocycles. The first-order valence-corrected chi connectivity index (χ1v) is 7.53. The van der Waals surface area contributed by atoms with Crippen molar-refractivity contribution in [2.45, 2.75) is 36.9 Å². The summed E-state index contributed by atoms with van der Waals surface area (Å²) in [6, 6.07) is 0. The SMILES string of the molecule is CCCCCCNCCSc1nccs1. The van der Waals surface area contributed by atoms with Crippen LogP contribution in [0.15, 0.2) is 15.9 Å². The van der Waals surface area contributed by atoms with E-state index in [1.807, 2.05) is 23.3 Å². The van der Waals surface area contributed by atoms with Gasteiger partial charge in [-0.3, -0.25) is 0 Å². The zero-order chi connectivity index (χ0) is 10.8. The zero-order valence-corrected chi connectivity index (χ0v) is 11.0. The lowest BCUT2D eigenvalue weighted by Crippen LogP contribution is -2.18. The first kappa shape index (κ1) is 13.0. The molecule has 0 fully saturated rings. The van der Waals surface area contributed by atoms with E-state index < -0.39 is 0 Å². The van der Waals surface area contributed by atoms with Crippen molar-refractivity contribution in [3.8, 4) is 0 Å². The second-order valence-electron chi connectivity index (χ2n) is 3.46. The lowest BCUT2D eigenvalue weighted by molar-refractivity contribution is 0.613. The molecule has 1 N–H and O–H groups in total. The molecule has 0 spiro atoms. The Morgan fingerprint density at radius 1 is 1.33 bits per heavy atom. The van der Waals surface area contributed by atoms with Crippen LogP contribution in [0.25, 0.3) is 0 Å². The summed E-state index contributed by atoms with van der Waals surface area (Å²) >= 11 is 3.56. The summed E-state index contributed by atoms with van der Waals surface area (Å²) in [5.74, 6) is 1.13. The van der Waals surface area contributed by atoms with E-state index in [4.69, 9.17) is 0 Å². The maximum Gasteiger partial charge on any atom is 0.149 e. The molecule has 0 bridgehead atoms. The first-order valence-electron chi connectivity index (χ1n) is 5.66. The minimum absolute atomic E-state index is 1.09. The van der Waals surface area contributed by atoms with Crippen molar-refractivity contribution in [2.24, 2.45) is 0 Å². The highest BCUT2D eigenvalue weighted by Crippen LogP contribution is 2.18. The maximum absolute atomic E-state index is 4.23. The number of nitrogens with one attached hydrogen (secondary N) is 1. The van der Waals surface area contributed by atoms with Gasteiger partial charge in [-0.1, -0.05) is 37.9 Å². The Balaban J connectivity index is 1.81. The average Bonchev–Trinajstić information content (AvgIpc) is 2.75. The van der Waals surface area contributed by atoms with Crippen LogP contribution in [0.4, 0.5) is 0 Å². The van der Waals surface area contributed by atoms with Gasteiger partial charge in [0.05, 0.1) is 0 Å². The summed E-state index contributed by atoms with van der Waals surface area (Å²) in [5, 5.41) is 5.49. The van der Waals surface area contributed by atoms with E-state index in [1.54, 1.807) is 11.3 Å². The van der Waals surface area contributed by atoms with Gasteiger partial charge in [-0.15, -0.1) is 11.3 Å². The molecular weight excluding hydrogens is 224 g/mol. The van der Waals surface area contributed by atoms with E-state index in [1.165, 1.54) is 36.6 Å². The van der Waals surface area contributed by atoms with Crippen molar-refractivity contribution in [3.05, 3.63) is 11.6 Å². The van der Waals surface area contributed by atoms with E-state index in [2.05, 4.69) is 17.2 Å². The van der Waals surface area contributed by atoms with Crippen molar-refractivity contribution < 1.29 is 0 Å². The minimum Gasteiger partial charge on any atom is -0.316 e. The molecule has 0 atom stereocenters. The molecular formula is C11H20N2S2. The van der Waals surface area contributed by atoms with Crippen molar-refractivity contribution >= 4 is 23.1 Å². The standard InChI is InChI=1S/C11H20N2S2/c1-2-3-4-5-6-12-7-9-14-11-13-8-10-15-11/h8,10,12H,2-7,9H2,1H3. The number of aromatic nitrogens is 1. The first-order chi connectivity index (χ1) is 7.43. The second-order valence-corrected chi connectivity index (χ2v) is 5.69. The molecule has 2 nitrogen and oxygen atoms in total. The molecule has 0 aliphatic rings. The van der Waals surface area contributed by atoms with Gasteiger partial charge in [0.25, 0.3) is 0 Å². The van der Waals surface area contributed by atoms with Gasteiger partial charge in [0.15, 0.2) is 0 Å². The Labute approximate surface area is 101 Å². The highest BCUT2D eigenvalue weighted by atomic mass is 32.2. The molecule has 0 saturated heterocycles. The number of thiazole rings is 1. The minimum atomic E-state index is 1.09. The Bertz CT molecular complexity index is 225. The lowest BCUT2D eigenvalue weighted by Gasteiger charge is -2.02. The van der Waals surface area contributed by atoms with Crippen LogP contribution in [0.2, 0.25) is 0 Å². The van der Waals surface area contributed by atoms with Crippen LogP contribution in [0.5, 0.6) is 0 Å². The van der Waals surface area contributed by atoms with Gasteiger partial charge >= 0.3 is 0 Å². The summed E-state index contributed by atoms with van der Waals surface area (Å²) in [6.45, 7) is 4.51. The highest BCUT2D eigenvalue weighted by Gasteiger charge is 1.95. The van der Waals surface area contributed by atoms with Gasteiger partial charge in [-0.25, -0.2) is 4.98 Å². The molecule has 1 aromatic rings. The van der Waals surface area contributed by atoms with Crippen molar-refractivity contribution in [2.75, 3.05) is 18.8 Å². The molecule has 0 aliphatic heterocycles. The van der Waals surface area contributed by atoms with E-state index in [-0.39, 0.29) is 0 Å². The molecule has 1 rings (SSSR count).